The maximum absolute atomic E-state index is 12.2. The first-order valence-corrected chi connectivity index (χ1v) is 6.86. The lowest BCUT2D eigenvalue weighted by Crippen LogP contribution is -2.28. The number of benzene rings is 1. The van der Waals surface area contributed by atoms with E-state index in [9.17, 15) is 4.79 Å². The van der Waals surface area contributed by atoms with Gasteiger partial charge in [-0.2, -0.15) is 0 Å². The Morgan fingerprint density at radius 3 is 2.70 bits per heavy atom. The minimum Gasteiger partial charge on any atom is -0.383 e. The van der Waals surface area contributed by atoms with Crippen molar-refractivity contribution in [1.82, 2.24) is 4.90 Å². The number of anilines is 1. The smallest absolute Gasteiger partial charge is 0.255 e. The number of ether oxygens (including phenoxy) is 1. The van der Waals surface area contributed by atoms with E-state index in [-0.39, 0.29) is 11.9 Å². The summed E-state index contributed by atoms with van der Waals surface area (Å²) in [5, 5.41) is 3.39. The van der Waals surface area contributed by atoms with E-state index >= 15 is 0 Å². The average molecular weight is 279 g/mol. The van der Waals surface area contributed by atoms with Gasteiger partial charge in [-0.3, -0.25) is 4.79 Å². The minimum absolute atomic E-state index is 0.0110. The molecule has 1 atom stereocenters. The summed E-state index contributed by atoms with van der Waals surface area (Å²) in [6, 6.07) is 7.69. The van der Waals surface area contributed by atoms with E-state index in [1.54, 1.807) is 26.1 Å². The molecule has 1 rings (SSSR count). The first-order chi connectivity index (χ1) is 9.60. The van der Waals surface area contributed by atoms with E-state index in [0.717, 1.165) is 18.5 Å². The first-order valence-electron chi connectivity index (χ1n) is 6.86. The van der Waals surface area contributed by atoms with Crippen LogP contribution in [0.5, 0.6) is 0 Å². The van der Waals surface area contributed by atoms with Crippen molar-refractivity contribution in [3.63, 3.8) is 0 Å². The third kappa shape index (κ3) is 4.83. The fraction of sp³-hybridized carbons (Fsp3) is 0.533. The number of hydrogen-bond acceptors (Lipinski definition) is 4. The van der Waals surface area contributed by atoms with Crippen molar-refractivity contribution < 1.29 is 9.53 Å². The van der Waals surface area contributed by atoms with Gasteiger partial charge in [0, 0.05) is 32.9 Å². The molecular formula is C15H25N3O2. The maximum atomic E-state index is 12.2. The average Bonchev–Trinajstić information content (AvgIpc) is 2.44. The molecule has 0 aromatic heterocycles. The van der Waals surface area contributed by atoms with Crippen LogP contribution in [-0.2, 0) is 4.74 Å². The molecule has 0 saturated heterocycles. The van der Waals surface area contributed by atoms with Gasteiger partial charge < -0.3 is 20.7 Å². The van der Waals surface area contributed by atoms with Crippen molar-refractivity contribution in [3.8, 4) is 0 Å². The molecule has 5 heteroatoms. The topological polar surface area (TPSA) is 67.6 Å². The summed E-state index contributed by atoms with van der Waals surface area (Å²) in [5.41, 5.74) is 7.07. The number of carbonyl (C=O) groups is 1. The standard InChI is InChI=1S/C15H25N3O2/c1-18(2)15(19)13-8-4-5-9-14(13)17-12(11-20-3)7-6-10-16/h4-5,8-9,12,17H,6-7,10-11,16H2,1-3H3. The highest BCUT2D eigenvalue weighted by atomic mass is 16.5. The van der Waals surface area contributed by atoms with Crippen LogP contribution in [0.2, 0.25) is 0 Å². The lowest BCUT2D eigenvalue weighted by Gasteiger charge is -2.21. The third-order valence-corrected chi connectivity index (χ3v) is 3.05. The largest absolute Gasteiger partial charge is 0.383 e. The van der Waals surface area contributed by atoms with Gasteiger partial charge in [0.05, 0.1) is 12.2 Å². The molecule has 20 heavy (non-hydrogen) atoms. The Bertz CT molecular complexity index is 421. The molecule has 0 fully saturated rings. The summed E-state index contributed by atoms with van der Waals surface area (Å²) in [4.78, 5) is 13.7. The molecule has 0 saturated carbocycles. The van der Waals surface area contributed by atoms with E-state index in [2.05, 4.69) is 5.32 Å². The van der Waals surface area contributed by atoms with Crippen LogP contribution >= 0.6 is 0 Å². The third-order valence-electron chi connectivity index (χ3n) is 3.05. The minimum atomic E-state index is -0.0110. The number of hydrogen-bond donors (Lipinski definition) is 2. The van der Waals surface area contributed by atoms with Crippen LogP contribution in [0.1, 0.15) is 23.2 Å². The number of rotatable bonds is 8. The highest BCUT2D eigenvalue weighted by molar-refractivity contribution is 5.99. The number of carbonyl (C=O) groups excluding carboxylic acids is 1. The van der Waals surface area contributed by atoms with Crippen molar-refractivity contribution in [2.75, 3.05) is 39.7 Å². The van der Waals surface area contributed by atoms with Gasteiger partial charge in [-0.05, 0) is 31.5 Å². The Morgan fingerprint density at radius 1 is 1.40 bits per heavy atom. The van der Waals surface area contributed by atoms with E-state index in [1.807, 2.05) is 24.3 Å². The summed E-state index contributed by atoms with van der Waals surface area (Å²) in [6.07, 6.45) is 1.83. The maximum Gasteiger partial charge on any atom is 0.255 e. The number of nitrogens with two attached hydrogens (primary N) is 1. The monoisotopic (exact) mass is 279 g/mol. The molecule has 0 bridgehead atoms. The molecule has 0 aliphatic heterocycles. The van der Waals surface area contributed by atoms with Gasteiger partial charge in [0.2, 0.25) is 0 Å². The second-order valence-corrected chi connectivity index (χ2v) is 4.97. The molecule has 0 aliphatic rings. The molecule has 5 nitrogen and oxygen atoms in total. The molecule has 1 aromatic carbocycles. The van der Waals surface area contributed by atoms with Crippen molar-refractivity contribution in [1.29, 1.82) is 0 Å². The van der Waals surface area contributed by atoms with Crippen LogP contribution in [0.25, 0.3) is 0 Å². The zero-order valence-corrected chi connectivity index (χ0v) is 12.6. The Balaban J connectivity index is 2.86. The lowest BCUT2D eigenvalue weighted by molar-refractivity contribution is 0.0828. The number of amides is 1. The van der Waals surface area contributed by atoms with Crippen molar-refractivity contribution in [2.24, 2.45) is 5.73 Å². The molecule has 0 aliphatic carbocycles. The second-order valence-electron chi connectivity index (χ2n) is 4.97. The predicted molar refractivity (Wildman–Crippen MR) is 82.0 cm³/mol. The van der Waals surface area contributed by atoms with Crippen molar-refractivity contribution in [2.45, 2.75) is 18.9 Å². The van der Waals surface area contributed by atoms with Gasteiger partial charge >= 0.3 is 0 Å². The fourth-order valence-corrected chi connectivity index (χ4v) is 2.02. The van der Waals surface area contributed by atoms with Gasteiger partial charge in [0.25, 0.3) is 5.91 Å². The Hall–Kier alpha value is -1.59. The zero-order chi connectivity index (χ0) is 15.0. The molecular weight excluding hydrogens is 254 g/mol. The van der Waals surface area contributed by atoms with E-state index in [1.165, 1.54) is 0 Å². The van der Waals surface area contributed by atoms with Crippen LogP contribution in [0.3, 0.4) is 0 Å². The van der Waals surface area contributed by atoms with Crippen molar-refractivity contribution in [3.05, 3.63) is 29.8 Å². The lowest BCUT2D eigenvalue weighted by atomic mass is 10.1. The molecule has 0 spiro atoms. The Morgan fingerprint density at radius 2 is 2.10 bits per heavy atom. The molecule has 0 heterocycles. The van der Waals surface area contributed by atoms with Gasteiger partial charge in [-0.25, -0.2) is 0 Å². The van der Waals surface area contributed by atoms with E-state index in [4.69, 9.17) is 10.5 Å². The fourth-order valence-electron chi connectivity index (χ4n) is 2.02. The summed E-state index contributed by atoms with van der Waals surface area (Å²) in [6.45, 7) is 1.24. The van der Waals surface area contributed by atoms with E-state index < -0.39 is 0 Å². The van der Waals surface area contributed by atoms with Gasteiger partial charge in [0.1, 0.15) is 0 Å². The van der Waals surface area contributed by atoms with Crippen LogP contribution < -0.4 is 11.1 Å². The van der Waals surface area contributed by atoms with E-state index in [0.29, 0.717) is 18.7 Å². The van der Waals surface area contributed by atoms with Crippen LogP contribution in [0, 0.1) is 0 Å². The van der Waals surface area contributed by atoms with Crippen molar-refractivity contribution >= 4 is 11.6 Å². The first kappa shape index (κ1) is 16.5. The van der Waals surface area contributed by atoms with Crippen LogP contribution in [0.4, 0.5) is 5.69 Å². The Kier molecular flexibility index (Phi) is 7.04. The molecule has 112 valence electrons. The highest BCUT2D eigenvalue weighted by Gasteiger charge is 2.15. The Labute approximate surface area is 121 Å². The predicted octanol–water partition coefficient (Wildman–Crippen LogP) is 1.55. The molecule has 3 N–H and O–H groups in total. The summed E-state index contributed by atoms with van der Waals surface area (Å²) >= 11 is 0. The normalized spacial score (nSPS) is 12.0. The van der Waals surface area contributed by atoms with Gasteiger partial charge in [-0.15, -0.1) is 0 Å². The summed E-state index contributed by atoms with van der Waals surface area (Å²) < 4.78 is 5.22. The molecule has 0 radical (unpaired) electrons. The zero-order valence-electron chi connectivity index (χ0n) is 12.6. The molecule has 1 amide bonds. The quantitative estimate of drug-likeness (QED) is 0.757. The number of nitrogens with zero attached hydrogens (tertiary/aromatic N) is 1. The number of methoxy groups -OCH3 is 1. The molecule has 1 unspecified atom stereocenters. The summed E-state index contributed by atoms with van der Waals surface area (Å²) in [5.74, 6) is -0.0110. The second kappa shape index (κ2) is 8.55. The number of para-hydroxylation sites is 1. The highest BCUT2D eigenvalue weighted by Crippen LogP contribution is 2.18. The van der Waals surface area contributed by atoms with Crippen LogP contribution in [-0.4, -0.2) is 51.2 Å². The van der Waals surface area contributed by atoms with Gasteiger partial charge in [0.15, 0.2) is 0 Å². The van der Waals surface area contributed by atoms with Gasteiger partial charge in [-0.1, -0.05) is 12.1 Å². The van der Waals surface area contributed by atoms with Crippen LogP contribution in [0.15, 0.2) is 24.3 Å². The molecule has 1 aromatic rings. The SMILES string of the molecule is COCC(CCCN)Nc1ccccc1C(=O)N(C)C. The summed E-state index contributed by atoms with van der Waals surface area (Å²) in [7, 11) is 5.17. The number of nitrogens with one attached hydrogen (secondary N) is 1.